The Balaban J connectivity index is 1.52. The van der Waals surface area contributed by atoms with E-state index >= 15 is 0 Å². The minimum Gasteiger partial charge on any atom is -0.496 e. The normalized spacial score (nSPS) is 14.3. The summed E-state index contributed by atoms with van der Waals surface area (Å²) in [4.78, 5) is 14.4. The van der Waals surface area contributed by atoms with Crippen molar-refractivity contribution < 1.29 is 9.53 Å². The summed E-state index contributed by atoms with van der Waals surface area (Å²) in [6.07, 6.45) is 7.23. The zero-order valence-corrected chi connectivity index (χ0v) is 15.1. The molecule has 0 saturated carbocycles. The summed E-state index contributed by atoms with van der Waals surface area (Å²) < 4.78 is 5.28. The molecule has 1 saturated heterocycles. The molecule has 0 aromatic heterocycles. The van der Waals surface area contributed by atoms with E-state index in [1.807, 2.05) is 36.4 Å². The van der Waals surface area contributed by atoms with Crippen molar-refractivity contribution in [1.29, 1.82) is 0 Å². The minimum atomic E-state index is -0.276. The average molecular weight is 351 g/mol. The Morgan fingerprint density at radius 1 is 1.04 bits per heavy atom. The van der Waals surface area contributed by atoms with Gasteiger partial charge in [0, 0.05) is 36.2 Å². The third-order valence-electron chi connectivity index (χ3n) is 4.46. The van der Waals surface area contributed by atoms with E-state index in [-0.39, 0.29) is 6.03 Å². The van der Waals surface area contributed by atoms with Gasteiger partial charge in [-0.3, -0.25) is 0 Å². The largest absolute Gasteiger partial charge is 0.496 e. The number of hydrogen-bond acceptors (Lipinski definition) is 3. The maximum absolute atomic E-state index is 12.0. The number of amides is 2. The van der Waals surface area contributed by atoms with Crippen molar-refractivity contribution >= 4 is 23.5 Å². The van der Waals surface area contributed by atoms with E-state index in [1.165, 1.54) is 24.9 Å². The number of nitrogens with one attached hydrogen (secondary N) is 2. The summed E-state index contributed by atoms with van der Waals surface area (Å²) in [5.74, 6) is 0.763. The second-order valence-electron chi connectivity index (χ2n) is 6.27. The van der Waals surface area contributed by atoms with Crippen LogP contribution in [0.2, 0.25) is 0 Å². The average Bonchev–Trinajstić information content (AvgIpc) is 2.69. The Bertz CT molecular complexity index is 750. The first kappa shape index (κ1) is 17.9. The van der Waals surface area contributed by atoms with Crippen LogP contribution < -0.4 is 20.3 Å². The van der Waals surface area contributed by atoms with Gasteiger partial charge in [0.2, 0.25) is 0 Å². The molecular weight excluding hydrogens is 326 g/mol. The van der Waals surface area contributed by atoms with Gasteiger partial charge in [-0.1, -0.05) is 18.2 Å². The highest BCUT2D eigenvalue weighted by molar-refractivity contribution is 5.90. The minimum absolute atomic E-state index is 0.276. The van der Waals surface area contributed by atoms with Crippen LogP contribution in [0.15, 0.2) is 54.7 Å². The van der Waals surface area contributed by atoms with Crippen LogP contribution in [-0.2, 0) is 0 Å². The Hall–Kier alpha value is -2.95. The van der Waals surface area contributed by atoms with E-state index in [2.05, 4.69) is 27.7 Å². The smallest absolute Gasteiger partial charge is 0.323 e. The van der Waals surface area contributed by atoms with Gasteiger partial charge in [0.15, 0.2) is 0 Å². The van der Waals surface area contributed by atoms with Gasteiger partial charge >= 0.3 is 6.03 Å². The lowest BCUT2D eigenvalue weighted by Crippen LogP contribution is -2.29. The first-order valence-corrected chi connectivity index (χ1v) is 8.98. The van der Waals surface area contributed by atoms with Crippen molar-refractivity contribution in [2.75, 3.05) is 30.4 Å². The second-order valence-corrected chi connectivity index (χ2v) is 6.27. The molecule has 0 radical (unpaired) electrons. The monoisotopic (exact) mass is 351 g/mol. The number of benzene rings is 2. The third kappa shape index (κ3) is 4.79. The number of methoxy groups -OCH3 is 1. The summed E-state index contributed by atoms with van der Waals surface area (Å²) in [6.45, 7) is 2.22. The highest BCUT2D eigenvalue weighted by Gasteiger charge is 2.10. The van der Waals surface area contributed by atoms with Crippen LogP contribution in [0.25, 0.3) is 6.08 Å². The number of carbonyl (C=O) groups excluding carboxylic acids is 1. The molecule has 1 fully saturated rings. The highest BCUT2D eigenvalue weighted by atomic mass is 16.5. The molecule has 2 aromatic carbocycles. The second kappa shape index (κ2) is 8.94. The molecule has 2 amide bonds. The SMILES string of the molecule is COc1ccccc1/C=C/NC(=O)Nc1ccc(N2CCCCC2)cc1. The summed E-state index contributed by atoms with van der Waals surface area (Å²) in [7, 11) is 1.63. The van der Waals surface area contributed by atoms with E-state index in [1.54, 1.807) is 19.4 Å². The number of ether oxygens (including phenoxy) is 1. The summed E-state index contributed by atoms with van der Waals surface area (Å²) >= 11 is 0. The molecule has 5 heteroatoms. The number of rotatable bonds is 5. The maximum Gasteiger partial charge on any atom is 0.323 e. The predicted octanol–water partition coefficient (Wildman–Crippen LogP) is 4.48. The van der Waals surface area contributed by atoms with Crippen LogP contribution in [0.5, 0.6) is 5.75 Å². The van der Waals surface area contributed by atoms with Gasteiger partial charge in [0.25, 0.3) is 0 Å². The Labute approximate surface area is 154 Å². The van der Waals surface area contributed by atoms with Crippen LogP contribution in [0.3, 0.4) is 0 Å². The number of carbonyl (C=O) groups is 1. The molecule has 0 atom stereocenters. The lowest BCUT2D eigenvalue weighted by atomic mass is 10.1. The number of para-hydroxylation sites is 1. The van der Waals surface area contributed by atoms with Crippen molar-refractivity contribution in [3.63, 3.8) is 0 Å². The lowest BCUT2D eigenvalue weighted by Gasteiger charge is -2.28. The van der Waals surface area contributed by atoms with Crippen LogP contribution in [0, 0.1) is 0 Å². The molecule has 0 spiro atoms. The Morgan fingerprint density at radius 2 is 1.77 bits per heavy atom. The quantitative estimate of drug-likeness (QED) is 0.835. The van der Waals surface area contributed by atoms with Crippen LogP contribution in [0.4, 0.5) is 16.2 Å². The number of piperidine rings is 1. The molecule has 3 rings (SSSR count). The van der Waals surface area contributed by atoms with E-state index in [0.29, 0.717) is 0 Å². The number of urea groups is 1. The van der Waals surface area contributed by atoms with Crippen molar-refractivity contribution in [2.24, 2.45) is 0 Å². The highest BCUT2D eigenvalue weighted by Crippen LogP contribution is 2.22. The van der Waals surface area contributed by atoms with E-state index < -0.39 is 0 Å². The molecular formula is C21H25N3O2. The predicted molar refractivity (Wildman–Crippen MR) is 107 cm³/mol. The lowest BCUT2D eigenvalue weighted by molar-refractivity contribution is 0.255. The first-order chi connectivity index (χ1) is 12.8. The number of hydrogen-bond donors (Lipinski definition) is 2. The molecule has 1 aliphatic rings. The third-order valence-corrected chi connectivity index (χ3v) is 4.46. The molecule has 5 nitrogen and oxygen atoms in total. The number of anilines is 2. The Kier molecular flexibility index (Phi) is 6.14. The standard InChI is InChI=1S/C21H25N3O2/c1-26-20-8-4-3-7-17(20)13-14-22-21(25)23-18-9-11-19(12-10-18)24-15-5-2-6-16-24/h3-4,7-14H,2,5-6,15-16H2,1H3,(H2,22,23,25)/b14-13+. The molecule has 0 bridgehead atoms. The van der Waals surface area contributed by atoms with Crippen LogP contribution in [-0.4, -0.2) is 26.2 Å². The van der Waals surface area contributed by atoms with E-state index in [9.17, 15) is 4.79 Å². The zero-order valence-electron chi connectivity index (χ0n) is 15.1. The summed E-state index contributed by atoms with van der Waals surface area (Å²) in [5.41, 5.74) is 2.89. The van der Waals surface area contributed by atoms with Crippen molar-refractivity contribution in [3.8, 4) is 5.75 Å². The fourth-order valence-corrected chi connectivity index (χ4v) is 3.09. The molecule has 1 aliphatic heterocycles. The van der Waals surface area contributed by atoms with Gasteiger partial charge in [-0.25, -0.2) is 4.79 Å². The Morgan fingerprint density at radius 3 is 2.50 bits per heavy atom. The van der Waals surface area contributed by atoms with Crippen LogP contribution >= 0.6 is 0 Å². The van der Waals surface area contributed by atoms with Gasteiger partial charge in [0.05, 0.1) is 7.11 Å². The van der Waals surface area contributed by atoms with Gasteiger partial charge in [0.1, 0.15) is 5.75 Å². The van der Waals surface area contributed by atoms with Gasteiger partial charge in [-0.15, -0.1) is 0 Å². The molecule has 1 heterocycles. The molecule has 2 aromatic rings. The van der Waals surface area contributed by atoms with Crippen LogP contribution in [0.1, 0.15) is 24.8 Å². The zero-order chi connectivity index (χ0) is 18.2. The number of nitrogens with zero attached hydrogens (tertiary/aromatic N) is 1. The van der Waals surface area contributed by atoms with Crippen molar-refractivity contribution in [2.45, 2.75) is 19.3 Å². The molecule has 26 heavy (non-hydrogen) atoms. The fourth-order valence-electron chi connectivity index (χ4n) is 3.09. The maximum atomic E-state index is 12.0. The first-order valence-electron chi connectivity index (χ1n) is 8.98. The topological polar surface area (TPSA) is 53.6 Å². The molecule has 2 N–H and O–H groups in total. The van der Waals surface area contributed by atoms with Gasteiger partial charge in [-0.2, -0.15) is 0 Å². The van der Waals surface area contributed by atoms with Gasteiger partial charge < -0.3 is 20.3 Å². The van der Waals surface area contributed by atoms with Gasteiger partial charge in [-0.05, 0) is 55.7 Å². The van der Waals surface area contributed by atoms with E-state index in [0.717, 1.165) is 30.1 Å². The fraction of sp³-hybridized carbons (Fsp3) is 0.286. The molecule has 0 unspecified atom stereocenters. The van der Waals surface area contributed by atoms with Crippen molar-refractivity contribution in [1.82, 2.24) is 5.32 Å². The molecule has 136 valence electrons. The van der Waals surface area contributed by atoms with E-state index in [4.69, 9.17) is 4.74 Å². The summed E-state index contributed by atoms with van der Waals surface area (Å²) in [5, 5.41) is 5.55. The molecule has 0 aliphatic carbocycles. The summed E-state index contributed by atoms with van der Waals surface area (Å²) in [6, 6.07) is 15.4. The van der Waals surface area contributed by atoms with Crippen molar-refractivity contribution in [3.05, 3.63) is 60.3 Å².